The van der Waals surface area contributed by atoms with E-state index in [2.05, 4.69) is 5.32 Å². The first-order valence-corrected chi connectivity index (χ1v) is 9.79. The standard InChI is InChI=1S/C21H28N2O5/c1-21(2,3)28-20(26)23-12-10-16(11-13-23)27-15-6-4-14(5-7-15)17-8-9-18(24)22-19(17)25/h4-7,16-17H,8-13H2,1-3H3,(H,22,24,25). The van der Waals surface area contributed by atoms with E-state index in [1.165, 1.54) is 0 Å². The number of carbonyl (C=O) groups excluding carboxylic acids is 3. The highest BCUT2D eigenvalue weighted by molar-refractivity contribution is 6.00. The second kappa shape index (κ2) is 8.20. The van der Waals surface area contributed by atoms with Gasteiger partial charge >= 0.3 is 6.09 Å². The maximum Gasteiger partial charge on any atom is 0.410 e. The van der Waals surface area contributed by atoms with E-state index in [-0.39, 0.29) is 29.9 Å². The second-order valence-electron chi connectivity index (χ2n) is 8.36. The summed E-state index contributed by atoms with van der Waals surface area (Å²) in [7, 11) is 0. The fourth-order valence-corrected chi connectivity index (χ4v) is 3.47. The van der Waals surface area contributed by atoms with E-state index in [1.54, 1.807) is 4.90 Å². The number of hydrogen-bond donors (Lipinski definition) is 1. The van der Waals surface area contributed by atoms with Crippen molar-refractivity contribution in [2.24, 2.45) is 0 Å². The highest BCUT2D eigenvalue weighted by Gasteiger charge is 2.29. The van der Waals surface area contributed by atoms with Crippen LogP contribution in [0.1, 0.15) is 57.9 Å². The van der Waals surface area contributed by atoms with Crippen LogP contribution in [0.3, 0.4) is 0 Å². The Kier molecular flexibility index (Phi) is 5.91. The molecule has 7 heteroatoms. The van der Waals surface area contributed by atoms with Crippen LogP contribution in [0.25, 0.3) is 0 Å². The summed E-state index contributed by atoms with van der Waals surface area (Å²) in [6.07, 6.45) is 2.15. The molecule has 1 atom stereocenters. The summed E-state index contributed by atoms with van der Waals surface area (Å²) in [5.74, 6) is 0.00828. The van der Waals surface area contributed by atoms with Crippen molar-refractivity contribution in [3.8, 4) is 5.75 Å². The number of piperidine rings is 2. The van der Waals surface area contributed by atoms with Gasteiger partial charge in [0.05, 0.1) is 5.92 Å². The lowest BCUT2D eigenvalue weighted by Gasteiger charge is -2.33. The van der Waals surface area contributed by atoms with Crippen molar-refractivity contribution in [1.82, 2.24) is 10.2 Å². The molecule has 152 valence electrons. The zero-order valence-electron chi connectivity index (χ0n) is 16.7. The number of amides is 3. The molecule has 1 aromatic rings. The van der Waals surface area contributed by atoms with Gasteiger partial charge in [-0.05, 0) is 44.9 Å². The Labute approximate surface area is 165 Å². The molecule has 1 aromatic carbocycles. The molecule has 7 nitrogen and oxygen atoms in total. The van der Waals surface area contributed by atoms with Gasteiger partial charge in [-0.2, -0.15) is 0 Å². The topological polar surface area (TPSA) is 84.9 Å². The number of hydrogen-bond acceptors (Lipinski definition) is 5. The smallest absolute Gasteiger partial charge is 0.410 e. The molecule has 0 bridgehead atoms. The zero-order chi connectivity index (χ0) is 20.3. The molecule has 1 unspecified atom stereocenters. The molecule has 2 fully saturated rings. The van der Waals surface area contributed by atoms with Gasteiger partial charge in [0.25, 0.3) is 0 Å². The largest absolute Gasteiger partial charge is 0.490 e. The number of likely N-dealkylation sites (tertiary alicyclic amines) is 1. The van der Waals surface area contributed by atoms with E-state index in [1.807, 2.05) is 45.0 Å². The zero-order valence-corrected chi connectivity index (χ0v) is 16.7. The van der Waals surface area contributed by atoms with Gasteiger partial charge in [0.2, 0.25) is 11.8 Å². The molecule has 28 heavy (non-hydrogen) atoms. The van der Waals surface area contributed by atoms with E-state index in [0.717, 1.165) is 24.2 Å². The summed E-state index contributed by atoms with van der Waals surface area (Å²) in [5, 5.41) is 2.38. The molecule has 2 heterocycles. The predicted octanol–water partition coefficient (Wildman–Crippen LogP) is 2.99. The molecular formula is C21H28N2O5. The third-order valence-electron chi connectivity index (χ3n) is 4.92. The Balaban J connectivity index is 1.50. The Hall–Kier alpha value is -2.57. The van der Waals surface area contributed by atoms with Gasteiger partial charge in [0.15, 0.2) is 0 Å². The van der Waals surface area contributed by atoms with Gasteiger partial charge in [-0.1, -0.05) is 12.1 Å². The van der Waals surface area contributed by atoms with Crippen LogP contribution in [0.5, 0.6) is 5.75 Å². The normalized spacial score (nSPS) is 21.2. The molecule has 0 radical (unpaired) electrons. The molecule has 1 N–H and O–H groups in total. The molecule has 2 aliphatic rings. The van der Waals surface area contributed by atoms with Crippen molar-refractivity contribution in [1.29, 1.82) is 0 Å². The SMILES string of the molecule is CC(C)(C)OC(=O)N1CCC(Oc2ccc(C3CCC(=O)NC3=O)cc2)CC1. The van der Waals surface area contributed by atoms with E-state index in [4.69, 9.17) is 9.47 Å². The summed E-state index contributed by atoms with van der Waals surface area (Å²) in [6.45, 7) is 6.79. The van der Waals surface area contributed by atoms with Crippen LogP contribution in [0, 0.1) is 0 Å². The molecule has 0 aliphatic carbocycles. The molecule has 2 aliphatic heterocycles. The van der Waals surface area contributed by atoms with Crippen LogP contribution in [-0.2, 0) is 14.3 Å². The second-order valence-corrected chi connectivity index (χ2v) is 8.36. The highest BCUT2D eigenvalue weighted by atomic mass is 16.6. The van der Waals surface area contributed by atoms with Gasteiger partial charge in [0.1, 0.15) is 17.5 Å². The first kappa shape index (κ1) is 20.2. The van der Waals surface area contributed by atoms with Crippen molar-refractivity contribution in [3.05, 3.63) is 29.8 Å². The van der Waals surface area contributed by atoms with Gasteiger partial charge in [-0.15, -0.1) is 0 Å². The van der Waals surface area contributed by atoms with E-state index >= 15 is 0 Å². The minimum absolute atomic E-state index is 0.0418. The Bertz CT molecular complexity index is 730. The number of imide groups is 1. The van der Waals surface area contributed by atoms with Crippen molar-refractivity contribution in [2.75, 3.05) is 13.1 Å². The number of benzene rings is 1. The van der Waals surface area contributed by atoms with E-state index in [9.17, 15) is 14.4 Å². The van der Waals surface area contributed by atoms with E-state index in [0.29, 0.717) is 25.9 Å². The lowest BCUT2D eigenvalue weighted by atomic mass is 9.90. The van der Waals surface area contributed by atoms with Crippen LogP contribution in [0.15, 0.2) is 24.3 Å². The van der Waals surface area contributed by atoms with Crippen LogP contribution < -0.4 is 10.1 Å². The lowest BCUT2D eigenvalue weighted by Crippen LogP contribution is -2.44. The molecule has 2 saturated heterocycles. The third-order valence-corrected chi connectivity index (χ3v) is 4.92. The third kappa shape index (κ3) is 5.24. The lowest BCUT2D eigenvalue weighted by molar-refractivity contribution is -0.134. The molecule has 0 aromatic heterocycles. The summed E-state index contributed by atoms with van der Waals surface area (Å²) >= 11 is 0. The maximum atomic E-state index is 12.1. The minimum atomic E-state index is -0.491. The highest BCUT2D eigenvalue weighted by Crippen LogP contribution is 2.27. The quantitative estimate of drug-likeness (QED) is 0.805. The Morgan fingerprint density at radius 2 is 1.71 bits per heavy atom. The molecule has 0 spiro atoms. The molecule has 3 rings (SSSR count). The number of carbonyl (C=O) groups is 3. The summed E-state index contributed by atoms with van der Waals surface area (Å²) in [5.41, 5.74) is 0.395. The Morgan fingerprint density at radius 1 is 1.07 bits per heavy atom. The average molecular weight is 388 g/mol. The molecule has 3 amide bonds. The summed E-state index contributed by atoms with van der Waals surface area (Å²) in [6, 6.07) is 7.48. The fraction of sp³-hybridized carbons (Fsp3) is 0.571. The molecule has 0 saturated carbocycles. The minimum Gasteiger partial charge on any atom is -0.490 e. The number of nitrogens with zero attached hydrogens (tertiary/aromatic N) is 1. The number of rotatable bonds is 3. The van der Waals surface area contributed by atoms with Gasteiger partial charge in [-0.25, -0.2) is 4.79 Å². The first-order valence-electron chi connectivity index (χ1n) is 9.79. The summed E-state index contributed by atoms with van der Waals surface area (Å²) in [4.78, 5) is 37.1. The Morgan fingerprint density at radius 3 is 2.29 bits per heavy atom. The van der Waals surface area contributed by atoms with Crippen molar-refractivity contribution < 1.29 is 23.9 Å². The predicted molar refractivity (Wildman–Crippen MR) is 103 cm³/mol. The van der Waals surface area contributed by atoms with Crippen LogP contribution in [0.4, 0.5) is 4.79 Å². The van der Waals surface area contributed by atoms with Crippen LogP contribution >= 0.6 is 0 Å². The van der Waals surface area contributed by atoms with Crippen LogP contribution in [0.2, 0.25) is 0 Å². The maximum absolute atomic E-state index is 12.1. The van der Waals surface area contributed by atoms with Crippen molar-refractivity contribution in [3.63, 3.8) is 0 Å². The van der Waals surface area contributed by atoms with Crippen molar-refractivity contribution in [2.45, 2.75) is 64.1 Å². The monoisotopic (exact) mass is 388 g/mol. The van der Waals surface area contributed by atoms with Gasteiger partial charge in [-0.3, -0.25) is 14.9 Å². The average Bonchev–Trinajstić information content (AvgIpc) is 2.62. The van der Waals surface area contributed by atoms with Crippen LogP contribution in [-0.4, -0.2) is 47.6 Å². The molecular weight excluding hydrogens is 360 g/mol. The van der Waals surface area contributed by atoms with E-state index < -0.39 is 5.60 Å². The first-order chi connectivity index (χ1) is 13.2. The van der Waals surface area contributed by atoms with Gasteiger partial charge < -0.3 is 14.4 Å². The number of nitrogens with one attached hydrogen (secondary N) is 1. The van der Waals surface area contributed by atoms with Crippen molar-refractivity contribution >= 4 is 17.9 Å². The summed E-state index contributed by atoms with van der Waals surface area (Å²) < 4.78 is 11.4. The van der Waals surface area contributed by atoms with Gasteiger partial charge in [0, 0.05) is 32.4 Å². The number of ether oxygens (including phenoxy) is 2. The fourth-order valence-electron chi connectivity index (χ4n) is 3.47.